The Morgan fingerprint density at radius 3 is 2.62 bits per heavy atom. The molecule has 124 valence electrons. The van der Waals surface area contributed by atoms with Gasteiger partial charge in [-0.25, -0.2) is 5.43 Å². The van der Waals surface area contributed by atoms with E-state index in [1.54, 1.807) is 36.4 Å². The van der Waals surface area contributed by atoms with Crippen LogP contribution in [0.5, 0.6) is 5.75 Å². The summed E-state index contributed by atoms with van der Waals surface area (Å²) in [6, 6.07) is 11.1. The number of nitrogens with zero attached hydrogens (tertiary/aromatic N) is 1. The molecule has 0 aliphatic heterocycles. The molecule has 8 heteroatoms. The summed E-state index contributed by atoms with van der Waals surface area (Å²) < 4.78 is 0.767. The Labute approximate surface area is 151 Å². The molecule has 0 fully saturated rings. The Bertz CT molecular complexity index is 779. The number of nitrogens with one attached hydrogen (secondary N) is 2. The van der Waals surface area contributed by atoms with Crippen molar-refractivity contribution in [1.82, 2.24) is 10.7 Å². The number of phenolic OH excluding ortho intramolecular Hbond substituents is 1. The molecule has 2 rings (SSSR count). The number of carbonyl (C=O) groups excluding carboxylic acids is 2. The minimum Gasteiger partial charge on any atom is -0.507 e. The van der Waals surface area contributed by atoms with Gasteiger partial charge in [-0.3, -0.25) is 9.59 Å². The summed E-state index contributed by atoms with van der Waals surface area (Å²) in [5, 5.41) is 16.3. The normalized spacial score (nSPS) is 10.6. The average Bonchev–Trinajstić information content (AvgIpc) is 2.56. The lowest BCUT2D eigenvalue weighted by atomic mass is 10.2. The van der Waals surface area contributed by atoms with E-state index < -0.39 is 11.8 Å². The zero-order valence-electron chi connectivity index (χ0n) is 12.3. The fourth-order valence-electron chi connectivity index (χ4n) is 1.71. The van der Waals surface area contributed by atoms with Crippen LogP contribution in [0.15, 0.2) is 52.0 Å². The van der Waals surface area contributed by atoms with Gasteiger partial charge in [-0.1, -0.05) is 27.5 Å². The number of phenols is 1. The first-order valence-electron chi connectivity index (χ1n) is 6.80. The van der Waals surface area contributed by atoms with Gasteiger partial charge < -0.3 is 10.4 Å². The third-order valence-corrected chi connectivity index (χ3v) is 3.64. The first-order chi connectivity index (χ1) is 11.5. The molecule has 0 saturated heterocycles. The number of rotatable bonds is 5. The van der Waals surface area contributed by atoms with E-state index in [9.17, 15) is 14.7 Å². The predicted octanol–water partition coefficient (Wildman–Crippen LogP) is 2.69. The highest BCUT2D eigenvalue weighted by molar-refractivity contribution is 9.10. The SMILES string of the molecule is O=C(CNC(=O)c1ccc(Cl)cc1)N/N=C/c1cc(Br)ccc1O. The highest BCUT2D eigenvalue weighted by atomic mass is 79.9. The van der Waals surface area contributed by atoms with Gasteiger partial charge in [0.2, 0.25) is 0 Å². The molecule has 0 radical (unpaired) electrons. The standard InChI is InChI=1S/C16H13BrClN3O3/c17-12-3-6-14(22)11(7-12)8-20-21-15(23)9-19-16(24)10-1-4-13(18)5-2-10/h1-8,22H,9H2,(H,19,24)(H,21,23)/b20-8+. The molecule has 0 aliphatic rings. The molecule has 0 spiro atoms. The van der Waals surface area contributed by atoms with E-state index in [1.165, 1.54) is 12.3 Å². The number of aromatic hydroxyl groups is 1. The van der Waals surface area contributed by atoms with E-state index >= 15 is 0 Å². The van der Waals surface area contributed by atoms with Crippen molar-refractivity contribution in [3.63, 3.8) is 0 Å². The Morgan fingerprint density at radius 1 is 1.21 bits per heavy atom. The van der Waals surface area contributed by atoms with Crippen LogP contribution >= 0.6 is 27.5 Å². The Hall–Kier alpha value is -2.38. The number of carbonyl (C=O) groups is 2. The van der Waals surface area contributed by atoms with Crippen LogP contribution in [0.2, 0.25) is 5.02 Å². The third kappa shape index (κ3) is 5.36. The van der Waals surface area contributed by atoms with Gasteiger partial charge in [0.05, 0.1) is 12.8 Å². The number of hydrogen-bond donors (Lipinski definition) is 3. The number of halogens is 2. The summed E-state index contributed by atoms with van der Waals surface area (Å²) in [5.41, 5.74) is 3.10. The molecule has 0 heterocycles. The fourth-order valence-corrected chi connectivity index (χ4v) is 2.21. The third-order valence-electron chi connectivity index (χ3n) is 2.90. The van der Waals surface area contributed by atoms with Gasteiger partial charge in [0.15, 0.2) is 0 Å². The maximum atomic E-state index is 11.8. The van der Waals surface area contributed by atoms with Crippen LogP contribution in [0.25, 0.3) is 0 Å². The van der Waals surface area contributed by atoms with E-state index in [0.717, 1.165) is 4.47 Å². The van der Waals surface area contributed by atoms with Gasteiger partial charge in [0, 0.05) is 20.6 Å². The van der Waals surface area contributed by atoms with Crippen molar-refractivity contribution in [2.75, 3.05) is 6.54 Å². The zero-order chi connectivity index (χ0) is 17.5. The lowest BCUT2D eigenvalue weighted by Crippen LogP contribution is -2.34. The summed E-state index contributed by atoms with van der Waals surface area (Å²) in [6.45, 7) is -0.233. The summed E-state index contributed by atoms with van der Waals surface area (Å²) in [5.74, 6) is -0.856. The molecule has 0 saturated carbocycles. The quantitative estimate of drug-likeness (QED) is 0.523. The molecule has 3 N–H and O–H groups in total. The summed E-state index contributed by atoms with van der Waals surface area (Å²) in [4.78, 5) is 23.5. The molecule has 2 aromatic rings. The molecule has 2 amide bonds. The highest BCUT2D eigenvalue weighted by Crippen LogP contribution is 2.19. The van der Waals surface area contributed by atoms with Gasteiger partial charge in [0.25, 0.3) is 11.8 Å². The highest BCUT2D eigenvalue weighted by Gasteiger charge is 2.07. The van der Waals surface area contributed by atoms with E-state index in [0.29, 0.717) is 16.1 Å². The second-order valence-corrected chi connectivity index (χ2v) is 6.04. The van der Waals surface area contributed by atoms with Gasteiger partial charge in [-0.05, 0) is 42.5 Å². The topological polar surface area (TPSA) is 90.8 Å². The lowest BCUT2D eigenvalue weighted by molar-refractivity contribution is -0.120. The molecule has 0 aromatic heterocycles. The van der Waals surface area contributed by atoms with Gasteiger partial charge >= 0.3 is 0 Å². The molecule has 0 unspecified atom stereocenters. The van der Waals surface area contributed by atoms with Crippen LogP contribution in [-0.4, -0.2) is 29.7 Å². The van der Waals surface area contributed by atoms with Crippen molar-refractivity contribution in [2.45, 2.75) is 0 Å². The fraction of sp³-hybridized carbons (Fsp3) is 0.0625. The maximum Gasteiger partial charge on any atom is 0.259 e. The first kappa shape index (κ1) is 18.0. The predicted molar refractivity (Wildman–Crippen MR) is 95.3 cm³/mol. The van der Waals surface area contributed by atoms with Crippen LogP contribution < -0.4 is 10.7 Å². The number of hydrazone groups is 1. The number of amides is 2. The number of benzene rings is 2. The van der Waals surface area contributed by atoms with E-state index in [-0.39, 0.29) is 12.3 Å². The smallest absolute Gasteiger partial charge is 0.259 e. The summed E-state index contributed by atoms with van der Waals surface area (Å²) in [6.07, 6.45) is 1.30. The van der Waals surface area contributed by atoms with E-state index in [4.69, 9.17) is 11.6 Å². The van der Waals surface area contributed by atoms with E-state index in [1.807, 2.05) is 0 Å². The molecule has 0 bridgehead atoms. The van der Waals surface area contributed by atoms with Gasteiger partial charge in [0.1, 0.15) is 5.75 Å². The van der Waals surface area contributed by atoms with Crippen LogP contribution in [-0.2, 0) is 4.79 Å². The van der Waals surface area contributed by atoms with Crippen LogP contribution in [0, 0.1) is 0 Å². The van der Waals surface area contributed by atoms with Crippen molar-refractivity contribution >= 4 is 45.6 Å². The Morgan fingerprint density at radius 2 is 1.92 bits per heavy atom. The molecule has 0 aliphatic carbocycles. The summed E-state index contributed by atoms with van der Waals surface area (Å²) in [7, 11) is 0. The van der Waals surface area contributed by atoms with Crippen molar-refractivity contribution in [3.05, 3.63) is 63.1 Å². The first-order valence-corrected chi connectivity index (χ1v) is 7.97. The molecule has 24 heavy (non-hydrogen) atoms. The monoisotopic (exact) mass is 409 g/mol. The van der Waals surface area contributed by atoms with Crippen LogP contribution in [0.4, 0.5) is 0 Å². The molecular weight excluding hydrogens is 398 g/mol. The molecule has 2 aromatic carbocycles. The van der Waals surface area contributed by atoms with Crippen molar-refractivity contribution < 1.29 is 14.7 Å². The summed E-state index contributed by atoms with van der Waals surface area (Å²) >= 11 is 9.01. The Balaban J connectivity index is 1.83. The molecular formula is C16H13BrClN3O3. The maximum absolute atomic E-state index is 11.8. The van der Waals surface area contributed by atoms with Crippen molar-refractivity contribution in [2.24, 2.45) is 5.10 Å². The van der Waals surface area contributed by atoms with Gasteiger partial charge in [-0.2, -0.15) is 5.10 Å². The Kier molecular flexibility index (Phi) is 6.34. The lowest BCUT2D eigenvalue weighted by Gasteiger charge is -2.04. The minimum absolute atomic E-state index is 0.0345. The number of hydrogen-bond acceptors (Lipinski definition) is 4. The second kappa shape index (κ2) is 8.47. The van der Waals surface area contributed by atoms with Crippen molar-refractivity contribution in [3.8, 4) is 5.75 Å². The zero-order valence-corrected chi connectivity index (χ0v) is 14.6. The van der Waals surface area contributed by atoms with Crippen molar-refractivity contribution in [1.29, 1.82) is 0 Å². The second-order valence-electron chi connectivity index (χ2n) is 4.69. The van der Waals surface area contributed by atoms with E-state index in [2.05, 4.69) is 31.8 Å². The molecule has 0 atom stereocenters. The molecule has 6 nitrogen and oxygen atoms in total. The average molecular weight is 411 g/mol. The van der Waals surface area contributed by atoms with Gasteiger partial charge in [-0.15, -0.1) is 0 Å². The minimum atomic E-state index is -0.497. The largest absolute Gasteiger partial charge is 0.507 e. The van der Waals surface area contributed by atoms with Crippen LogP contribution in [0.3, 0.4) is 0 Å². The van der Waals surface area contributed by atoms with Crippen LogP contribution in [0.1, 0.15) is 15.9 Å².